The molecule has 0 aliphatic rings. The summed E-state index contributed by atoms with van der Waals surface area (Å²) in [5.41, 5.74) is 0. The molecule has 0 fully saturated rings. The van der Waals surface area contributed by atoms with Gasteiger partial charge in [-0.05, 0) is 0 Å². The molecule has 4 nitrogen and oxygen atoms in total. The topological polar surface area (TPSA) is 83.4 Å². The molecule has 0 radical (unpaired) electrons. The van der Waals surface area contributed by atoms with Crippen LogP contribution in [0.3, 0.4) is 0 Å². The van der Waals surface area contributed by atoms with Gasteiger partial charge in [-0.25, -0.2) is 0 Å². The molecular formula is HFFeKO4P. The Labute approximate surface area is 98.6 Å². The third-order valence-corrected chi connectivity index (χ3v) is 0. The van der Waals surface area contributed by atoms with E-state index in [1.807, 2.05) is 0 Å². The van der Waals surface area contributed by atoms with Gasteiger partial charge in [0, 0.05) is 0 Å². The fourth-order valence-electron chi connectivity index (χ4n) is 0. The predicted molar refractivity (Wildman–Crippen MR) is 9.83 cm³/mol. The van der Waals surface area contributed by atoms with E-state index in [0.717, 1.165) is 0 Å². The monoisotopic (exact) mass is 210 g/mol. The maximum atomic E-state index is 8.66. The van der Waals surface area contributed by atoms with E-state index in [1.54, 1.807) is 0 Å². The quantitative estimate of drug-likeness (QED) is 0.318. The zero-order chi connectivity index (χ0) is 4.50. The molecule has 0 bridgehead atoms. The average molecular weight is 210 g/mol. The Morgan fingerprint density at radius 3 is 1.38 bits per heavy atom. The Hall–Kier alpha value is 2.20. The average Bonchev–Trinajstić information content (AvgIpc) is 0.722. The van der Waals surface area contributed by atoms with Gasteiger partial charge in [0.05, 0.1) is 7.82 Å². The van der Waals surface area contributed by atoms with Gasteiger partial charge in [-0.2, -0.15) is 0 Å². The van der Waals surface area contributed by atoms with Gasteiger partial charge < -0.3 is 23.9 Å². The SMILES string of the molecule is O=P([O-])([O-])O.[F-].[Fe+2].[K+]. The Balaban J connectivity index is -0.0000000267. The summed E-state index contributed by atoms with van der Waals surface area (Å²) in [6, 6.07) is 0. The van der Waals surface area contributed by atoms with Crippen LogP contribution in [0.5, 0.6) is 0 Å². The molecule has 0 amide bonds. The van der Waals surface area contributed by atoms with Crippen LogP contribution in [0.4, 0.5) is 0 Å². The van der Waals surface area contributed by atoms with Crippen LogP contribution >= 0.6 is 7.82 Å². The summed E-state index contributed by atoms with van der Waals surface area (Å²) in [5, 5.41) is 0. The minimum atomic E-state index is -5.14. The van der Waals surface area contributed by atoms with E-state index in [2.05, 4.69) is 0 Å². The van der Waals surface area contributed by atoms with Crippen molar-refractivity contribution >= 4 is 7.82 Å². The van der Waals surface area contributed by atoms with Crippen molar-refractivity contribution < 1.29 is 92.4 Å². The van der Waals surface area contributed by atoms with Crippen molar-refractivity contribution in [3.8, 4) is 0 Å². The van der Waals surface area contributed by atoms with Crippen LogP contribution in [-0.4, -0.2) is 4.89 Å². The third-order valence-electron chi connectivity index (χ3n) is 0. The first-order chi connectivity index (χ1) is 2.00. The molecule has 0 unspecified atom stereocenters. The second-order valence-electron chi connectivity index (χ2n) is 0.469. The smallest absolute Gasteiger partial charge is 1.00 e. The first-order valence-electron chi connectivity index (χ1n) is 0.748. The van der Waals surface area contributed by atoms with Gasteiger partial charge in [-0.3, -0.25) is 0 Å². The molecule has 0 aromatic rings. The summed E-state index contributed by atoms with van der Waals surface area (Å²) in [5.74, 6) is 0. The summed E-state index contributed by atoms with van der Waals surface area (Å²) >= 11 is 0. The van der Waals surface area contributed by atoms with Crippen LogP contribution in [0.2, 0.25) is 0 Å². The number of phosphoric acid groups is 1. The minimum Gasteiger partial charge on any atom is -1.00 e. The number of hydrogen-bond donors (Lipinski definition) is 1. The first-order valence-corrected chi connectivity index (χ1v) is 2.24. The standard InChI is InChI=1S/FH.Fe.K.H3O4P/c;;;1-5(2,3)4/h1H;;;(H3,1,2,3,4)/q;+2;+1;/p-3. The van der Waals surface area contributed by atoms with Crippen molar-refractivity contribution in [1.82, 2.24) is 0 Å². The van der Waals surface area contributed by atoms with Gasteiger partial charge in [0.2, 0.25) is 0 Å². The van der Waals surface area contributed by atoms with Crippen LogP contribution in [0.15, 0.2) is 0 Å². The van der Waals surface area contributed by atoms with Gasteiger partial charge in [0.25, 0.3) is 0 Å². The maximum Gasteiger partial charge on any atom is 2.00 e. The molecule has 1 N–H and O–H groups in total. The van der Waals surface area contributed by atoms with Gasteiger partial charge >= 0.3 is 68.5 Å². The molecule has 8 heavy (non-hydrogen) atoms. The summed E-state index contributed by atoms with van der Waals surface area (Å²) in [6.45, 7) is 0. The number of rotatable bonds is 0. The molecule has 46 valence electrons. The fraction of sp³-hybridized carbons (Fsp3) is 0. The Morgan fingerprint density at radius 2 is 1.38 bits per heavy atom. The zero-order valence-corrected chi connectivity index (χ0v) is 8.97. The summed E-state index contributed by atoms with van der Waals surface area (Å²) < 4.78 is 8.66. The molecule has 0 aromatic heterocycles. The summed E-state index contributed by atoms with van der Waals surface area (Å²) in [4.78, 5) is 24.3. The van der Waals surface area contributed by atoms with E-state index in [1.165, 1.54) is 0 Å². The molecule has 0 spiro atoms. The number of halogens is 1. The zero-order valence-electron chi connectivity index (χ0n) is 3.85. The fourth-order valence-corrected chi connectivity index (χ4v) is 0. The molecule has 0 saturated heterocycles. The van der Waals surface area contributed by atoms with Gasteiger partial charge in [0.1, 0.15) is 0 Å². The molecule has 0 rings (SSSR count). The van der Waals surface area contributed by atoms with Gasteiger partial charge in [-0.1, -0.05) is 0 Å². The van der Waals surface area contributed by atoms with E-state index >= 15 is 0 Å². The summed E-state index contributed by atoms with van der Waals surface area (Å²) in [6.07, 6.45) is 0. The molecule has 0 heterocycles. The van der Waals surface area contributed by atoms with Crippen LogP contribution < -0.4 is 65.9 Å². The van der Waals surface area contributed by atoms with Crippen molar-refractivity contribution in [2.75, 3.05) is 0 Å². The molecule has 0 aliphatic carbocycles. The summed E-state index contributed by atoms with van der Waals surface area (Å²) in [7, 11) is -5.14. The Kier molecular flexibility index (Phi) is 25.8. The van der Waals surface area contributed by atoms with Crippen LogP contribution in [0, 0.1) is 0 Å². The predicted octanol–water partition coefficient (Wildman–Crippen LogP) is -8.19. The van der Waals surface area contributed by atoms with Crippen molar-refractivity contribution in [3.05, 3.63) is 0 Å². The molecular weight excluding hydrogens is 209 g/mol. The van der Waals surface area contributed by atoms with E-state index in [0.29, 0.717) is 0 Å². The van der Waals surface area contributed by atoms with Crippen molar-refractivity contribution in [3.63, 3.8) is 0 Å². The van der Waals surface area contributed by atoms with Crippen LogP contribution in [-0.2, 0) is 21.6 Å². The van der Waals surface area contributed by atoms with E-state index < -0.39 is 7.82 Å². The van der Waals surface area contributed by atoms with Crippen LogP contribution in [0.1, 0.15) is 0 Å². The van der Waals surface area contributed by atoms with E-state index in [-0.39, 0.29) is 73.2 Å². The van der Waals surface area contributed by atoms with Crippen molar-refractivity contribution in [1.29, 1.82) is 0 Å². The van der Waals surface area contributed by atoms with Crippen molar-refractivity contribution in [2.45, 2.75) is 0 Å². The molecule has 0 saturated carbocycles. The second kappa shape index (κ2) is 9.20. The largest absolute Gasteiger partial charge is 2.00 e. The van der Waals surface area contributed by atoms with Gasteiger partial charge in [0.15, 0.2) is 0 Å². The minimum absolute atomic E-state index is 0. The number of hydrogen-bond acceptors (Lipinski definition) is 3. The molecule has 0 aromatic carbocycles. The second-order valence-corrected chi connectivity index (χ2v) is 1.41. The molecule has 8 heteroatoms. The Bertz CT molecular complexity index is 62.2. The van der Waals surface area contributed by atoms with Crippen molar-refractivity contribution in [2.24, 2.45) is 0 Å². The molecule has 0 atom stereocenters. The maximum absolute atomic E-state index is 8.66. The normalized spacial score (nSPS) is 7.38. The van der Waals surface area contributed by atoms with E-state index in [9.17, 15) is 0 Å². The van der Waals surface area contributed by atoms with E-state index in [4.69, 9.17) is 19.2 Å². The van der Waals surface area contributed by atoms with Crippen LogP contribution in [0.25, 0.3) is 0 Å². The third kappa shape index (κ3) is 88.0. The molecule has 0 aliphatic heterocycles. The Morgan fingerprint density at radius 1 is 1.38 bits per heavy atom. The van der Waals surface area contributed by atoms with Gasteiger partial charge in [-0.15, -0.1) is 0 Å². The first kappa shape index (κ1) is 22.5.